The summed E-state index contributed by atoms with van der Waals surface area (Å²) >= 11 is 0. The van der Waals surface area contributed by atoms with Crippen molar-refractivity contribution in [2.75, 3.05) is 4.90 Å². The molecule has 2 aliphatic heterocycles. The first-order valence-corrected chi connectivity index (χ1v) is 13.7. The monoisotopic (exact) mass is 513 g/mol. The van der Waals surface area contributed by atoms with Crippen LogP contribution >= 0.6 is 0 Å². The molecule has 0 unspecified atom stereocenters. The number of rotatable bonds is 3. The molecular formula is C34H24BN5. The molecule has 0 aliphatic carbocycles. The summed E-state index contributed by atoms with van der Waals surface area (Å²) < 4.78 is 4.60. The number of hydrogen-bond donors (Lipinski definition) is 0. The van der Waals surface area contributed by atoms with Crippen molar-refractivity contribution in [3.8, 4) is 11.4 Å². The van der Waals surface area contributed by atoms with Gasteiger partial charge in [-0.1, -0.05) is 48.5 Å². The molecule has 188 valence electrons. The second-order valence-electron chi connectivity index (χ2n) is 11.0. The summed E-state index contributed by atoms with van der Waals surface area (Å²) in [5, 5.41) is 0. The van der Waals surface area contributed by atoms with Gasteiger partial charge in [0.1, 0.15) is 12.7 Å². The van der Waals surface area contributed by atoms with E-state index in [0.29, 0.717) is 0 Å². The maximum absolute atomic E-state index is 4.89. The van der Waals surface area contributed by atoms with E-state index in [1.165, 1.54) is 49.9 Å². The van der Waals surface area contributed by atoms with E-state index >= 15 is 0 Å². The van der Waals surface area contributed by atoms with Gasteiger partial charge in [-0.3, -0.25) is 9.13 Å². The molecule has 0 saturated heterocycles. The molecule has 0 N–H and O–H groups in total. The Bertz CT molecular complexity index is 1990. The number of imidazole rings is 2. The number of benzene rings is 5. The average Bonchev–Trinajstić information content (AvgIpc) is 3.59. The molecule has 2 aromatic heterocycles. The van der Waals surface area contributed by atoms with Crippen molar-refractivity contribution < 1.29 is 0 Å². The fourth-order valence-electron chi connectivity index (χ4n) is 6.97. The van der Waals surface area contributed by atoms with Crippen molar-refractivity contribution in [1.29, 1.82) is 0 Å². The highest BCUT2D eigenvalue weighted by molar-refractivity contribution is 7.00. The third kappa shape index (κ3) is 2.82. The van der Waals surface area contributed by atoms with Gasteiger partial charge in [0.25, 0.3) is 6.71 Å². The van der Waals surface area contributed by atoms with Gasteiger partial charge in [-0.2, -0.15) is 0 Å². The van der Waals surface area contributed by atoms with Crippen LogP contribution in [0.4, 0.5) is 17.1 Å². The fraction of sp³-hybridized carbons (Fsp3) is 0.0588. The lowest BCUT2D eigenvalue weighted by Gasteiger charge is -2.35. The number of anilines is 3. The van der Waals surface area contributed by atoms with Crippen LogP contribution in [0, 0.1) is 13.8 Å². The molecule has 0 radical (unpaired) electrons. The van der Waals surface area contributed by atoms with E-state index in [2.05, 4.69) is 125 Å². The van der Waals surface area contributed by atoms with Gasteiger partial charge in [-0.15, -0.1) is 0 Å². The van der Waals surface area contributed by atoms with Crippen molar-refractivity contribution in [2.45, 2.75) is 13.8 Å². The topological polar surface area (TPSA) is 38.9 Å². The van der Waals surface area contributed by atoms with Gasteiger partial charge >= 0.3 is 0 Å². The number of nitrogens with zero attached hydrogens (tertiary/aromatic N) is 5. The van der Waals surface area contributed by atoms with Crippen molar-refractivity contribution >= 4 is 62.2 Å². The first kappa shape index (κ1) is 21.8. The van der Waals surface area contributed by atoms with Gasteiger partial charge in [0.05, 0.1) is 27.8 Å². The van der Waals surface area contributed by atoms with Crippen molar-refractivity contribution in [1.82, 2.24) is 19.1 Å². The highest BCUT2D eigenvalue weighted by Crippen LogP contribution is 2.39. The summed E-state index contributed by atoms with van der Waals surface area (Å²) in [6, 6.07) is 35.0. The van der Waals surface area contributed by atoms with E-state index in [-0.39, 0.29) is 6.71 Å². The Balaban J connectivity index is 1.43. The smallest absolute Gasteiger partial charge is 0.252 e. The summed E-state index contributed by atoms with van der Waals surface area (Å²) in [5.41, 5.74) is 16.5. The molecule has 5 nitrogen and oxygen atoms in total. The number of hydrogen-bond acceptors (Lipinski definition) is 3. The standard InChI is InChI=1S/C34H24BN5/c1-21-13-26-33-28(15-21)36-19-38(33)30-17-25(40(23-9-5-3-6-10-23)24-11-7-4-8-12-24)18-31-32(30)35(26)27-14-22(2)16-29-34(27)39(31)20-37-29/h3-20H,1-2H3. The Morgan fingerprint density at radius 1 is 0.575 bits per heavy atom. The molecule has 5 aromatic carbocycles. The predicted molar refractivity (Wildman–Crippen MR) is 165 cm³/mol. The lowest BCUT2D eigenvalue weighted by atomic mass is 9.34. The van der Waals surface area contributed by atoms with Gasteiger partial charge < -0.3 is 4.90 Å². The quantitative estimate of drug-likeness (QED) is 0.289. The summed E-state index contributed by atoms with van der Waals surface area (Å²) in [6.45, 7) is 4.45. The van der Waals surface area contributed by atoms with Crippen molar-refractivity contribution in [3.05, 3.63) is 121 Å². The minimum absolute atomic E-state index is 0.110. The largest absolute Gasteiger partial charge is 0.310 e. The fourth-order valence-corrected chi connectivity index (χ4v) is 6.97. The highest BCUT2D eigenvalue weighted by Gasteiger charge is 2.40. The Morgan fingerprint density at radius 2 is 1.05 bits per heavy atom. The van der Waals surface area contributed by atoms with Gasteiger partial charge in [0.15, 0.2) is 0 Å². The van der Waals surface area contributed by atoms with Crippen molar-refractivity contribution in [2.24, 2.45) is 0 Å². The zero-order valence-electron chi connectivity index (χ0n) is 22.2. The van der Waals surface area contributed by atoms with Gasteiger partial charge in [-0.05, 0) is 89.9 Å². The molecular weight excluding hydrogens is 489 g/mol. The van der Waals surface area contributed by atoms with Crippen LogP contribution < -0.4 is 21.3 Å². The Kier molecular flexibility index (Phi) is 4.21. The number of fused-ring (bicyclic) bond motifs is 4. The summed E-state index contributed by atoms with van der Waals surface area (Å²) in [5.74, 6) is 0. The first-order valence-electron chi connectivity index (χ1n) is 13.7. The maximum atomic E-state index is 4.89. The second kappa shape index (κ2) is 7.73. The van der Waals surface area contributed by atoms with Crippen LogP contribution in [0.5, 0.6) is 0 Å². The zero-order chi connectivity index (χ0) is 26.5. The van der Waals surface area contributed by atoms with Crippen LogP contribution in [0.2, 0.25) is 0 Å². The van der Waals surface area contributed by atoms with E-state index in [1.54, 1.807) is 0 Å². The zero-order valence-corrected chi connectivity index (χ0v) is 22.2. The molecule has 7 aromatic rings. The summed E-state index contributed by atoms with van der Waals surface area (Å²) in [6.07, 6.45) is 3.99. The molecule has 9 rings (SSSR count). The Labute approximate surface area is 232 Å². The predicted octanol–water partition coefficient (Wildman–Crippen LogP) is 5.59. The molecule has 0 saturated carbocycles. The Hall–Kier alpha value is -5.10. The van der Waals surface area contributed by atoms with Crippen LogP contribution in [0.1, 0.15) is 11.1 Å². The van der Waals surface area contributed by atoms with E-state index in [1.807, 2.05) is 12.7 Å². The van der Waals surface area contributed by atoms with Gasteiger partial charge in [0.2, 0.25) is 0 Å². The van der Waals surface area contributed by atoms with Crippen LogP contribution in [0.15, 0.2) is 110 Å². The van der Waals surface area contributed by atoms with Crippen LogP contribution in [-0.4, -0.2) is 25.8 Å². The molecule has 6 heteroatoms. The highest BCUT2D eigenvalue weighted by atomic mass is 15.2. The lowest BCUT2D eigenvalue weighted by molar-refractivity contribution is 1.06. The van der Waals surface area contributed by atoms with Crippen molar-refractivity contribution in [3.63, 3.8) is 0 Å². The van der Waals surface area contributed by atoms with Crippen LogP contribution in [0.3, 0.4) is 0 Å². The molecule has 0 atom stereocenters. The average molecular weight is 513 g/mol. The molecule has 4 heterocycles. The van der Waals surface area contributed by atoms with E-state index in [4.69, 9.17) is 9.97 Å². The number of aryl methyl sites for hydroxylation is 2. The van der Waals surface area contributed by atoms with E-state index in [9.17, 15) is 0 Å². The van der Waals surface area contributed by atoms with E-state index in [0.717, 1.165) is 28.1 Å². The van der Waals surface area contributed by atoms with Crippen LogP contribution in [-0.2, 0) is 0 Å². The van der Waals surface area contributed by atoms with Gasteiger partial charge in [-0.25, -0.2) is 9.97 Å². The first-order chi connectivity index (χ1) is 19.7. The summed E-state index contributed by atoms with van der Waals surface area (Å²) in [4.78, 5) is 12.1. The lowest BCUT2D eigenvalue weighted by Crippen LogP contribution is -2.59. The molecule has 0 amide bonds. The number of para-hydroxylation sites is 2. The Morgan fingerprint density at radius 3 is 1.52 bits per heavy atom. The SMILES string of the molecule is Cc1cc2c3c(c1)ncn3-c1cc(N(c3ccccc3)c3ccccc3)cc3c1B2c1cc(C)cc2ncn-3c12. The van der Waals surface area contributed by atoms with Crippen LogP contribution in [0.25, 0.3) is 33.4 Å². The molecule has 0 spiro atoms. The molecule has 0 fully saturated rings. The minimum Gasteiger partial charge on any atom is -0.310 e. The number of aromatic nitrogens is 4. The third-order valence-corrected chi connectivity index (χ3v) is 8.47. The molecule has 2 aliphatic rings. The normalized spacial score (nSPS) is 12.7. The third-order valence-electron chi connectivity index (χ3n) is 8.47. The summed E-state index contributed by atoms with van der Waals surface area (Å²) in [7, 11) is 0. The minimum atomic E-state index is 0.110. The second-order valence-corrected chi connectivity index (χ2v) is 11.0. The van der Waals surface area contributed by atoms with E-state index < -0.39 is 0 Å². The molecule has 40 heavy (non-hydrogen) atoms. The van der Waals surface area contributed by atoms with Gasteiger partial charge in [0, 0.05) is 22.7 Å². The molecule has 0 bridgehead atoms. The maximum Gasteiger partial charge on any atom is 0.252 e.